The van der Waals surface area contributed by atoms with Gasteiger partial charge in [0.1, 0.15) is 0 Å². The van der Waals surface area contributed by atoms with E-state index in [0.29, 0.717) is 11.8 Å². The second-order valence-electron chi connectivity index (χ2n) is 8.64. The van der Waals surface area contributed by atoms with Crippen molar-refractivity contribution in [2.24, 2.45) is 35.3 Å². The Morgan fingerprint density at radius 2 is 1.68 bits per heavy atom. The van der Waals surface area contributed by atoms with Crippen LogP contribution in [0, 0.1) is 29.6 Å². The van der Waals surface area contributed by atoms with Gasteiger partial charge in [-0.2, -0.15) is 0 Å². The summed E-state index contributed by atoms with van der Waals surface area (Å²) in [4.78, 5) is 15.0. The van der Waals surface area contributed by atoms with Crippen LogP contribution in [0.2, 0.25) is 0 Å². The SMILES string of the molecule is CC1CC(C)CN(CCCCNC(=O)C2C3CCC(C3)C2N)C1.Cl.Cl. The van der Waals surface area contributed by atoms with E-state index in [9.17, 15) is 4.79 Å². The number of amides is 1. The number of hydrogen-bond acceptors (Lipinski definition) is 3. The lowest BCUT2D eigenvalue weighted by molar-refractivity contribution is -0.127. The van der Waals surface area contributed by atoms with Gasteiger partial charge in [0.2, 0.25) is 5.91 Å². The van der Waals surface area contributed by atoms with Gasteiger partial charge in [0, 0.05) is 25.7 Å². The molecule has 1 saturated heterocycles. The first-order chi connectivity index (χ1) is 11.0. The highest BCUT2D eigenvalue weighted by Gasteiger charge is 2.48. The summed E-state index contributed by atoms with van der Waals surface area (Å²) in [5.74, 6) is 3.16. The minimum Gasteiger partial charge on any atom is -0.356 e. The number of carbonyl (C=O) groups excluding carboxylic acids is 1. The zero-order valence-electron chi connectivity index (χ0n) is 15.8. The van der Waals surface area contributed by atoms with Crippen LogP contribution in [-0.4, -0.2) is 43.0 Å². The Bertz CT molecular complexity index is 411. The zero-order chi connectivity index (χ0) is 16.4. The van der Waals surface area contributed by atoms with Gasteiger partial charge in [-0.25, -0.2) is 0 Å². The second kappa shape index (κ2) is 10.3. The molecule has 6 atom stereocenters. The van der Waals surface area contributed by atoms with Crippen molar-refractivity contribution >= 4 is 30.7 Å². The van der Waals surface area contributed by atoms with E-state index < -0.39 is 0 Å². The molecule has 3 aliphatic rings. The molecule has 3 N–H and O–H groups in total. The van der Waals surface area contributed by atoms with Crippen LogP contribution in [-0.2, 0) is 4.79 Å². The number of hydrogen-bond donors (Lipinski definition) is 2. The fourth-order valence-electron chi connectivity index (χ4n) is 5.49. The molecule has 0 aromatic carbocycles. The third kappa shape index (κ3) is 5.72. The molecule has 3 rings (SSSR count). The minimum atomic E-state index is 0. The van der Waals surface area contributed by atoms with E-state index in [0.717, 1.165) is 24.8 Å². The topological polar surface area (TPSA) is 58.4 Å². The van der Waals surface area contributed by atoms with Crippen molar-refractivity contribution in [2.45, 2.75) is 58.4 Å². The molecule has 6 heteroatoms. The molecule has 0 spiro atoms. The third-order valence-corrected chi connectivity index (χ3v) is 6.43. The monoisotopic (exact) mass is 393 g/mol. The lowest BCUT2D eigenvalue weighted by atomic mass is 9.84. The van der Waals surface area contributed by atoms with Gasteiger partial charge in [-0.3, -0.25) is 4.79 Å². The predicted octanol–water partition coefficient (Wildman–Crippen LogP) is 3.08. The standard InChI is InChI=1S/C19H35N3O.2ClH/c1-13-9-14(2)12-22(11-13)8-4-3-7-21-19(23)17-15-5-6-16(10-15)18(17)20;;/h13-18H,3-12,20H2,1-2H3,(H,21,23);2*1H. The molecule has 0 radical (unpaired) electrons. The van der Waals surface area contributed by atoms with Crippen LogP contribution in [0.4, 0.5) is 0 Å². The average Bonchev–Trinajstić information content (AvgIpc) is 3.06. The Kier molecular flexibility index (Phi) is 9.52. The number of likely N-dealkylation sites (tertiary alicyclic amines) is 1. The Hall–Kier alpha value is -0.0300. The molecule has 1 amide bonds. The summed E-state index contributed by atoms with van der Waals surface area (Å²) in [6.07, 6.45) is 7.27. The first kappa shape index (κ1) is 23.0. The van der Waals surface area contributed by atoms with E-state index in [1.165, 1.54) is 51.7 Å². The third-order valence-electron chi connectivity index (χ3n) is 6.43. The quantitative estimate of drug-likeness (QED) is 0.681. The number of nitrogens with zero attached hydrogens (tertiary/aromatic N) is 1. The van der Waals surface area contributed by atoms with Crippen LogP contribution in [0.3, 0.4) is 0 Å². The normalized spacial score (nSPS) is 37.2. The number of carbonyl (C=O) groups is 1. The first-order valence-electron chi connectivity index (χ1n) is 9.80. The maximum atomic E-state index is 12.4. The first-order valence-corrected chi connectivity index (χ1v) is 9.80. The number of piperidine rings is 1. The molecule has 1 heterocycles. The van der Waals surface area contributed by atoms with Crippen molar-refractivity contribution in [3.8, 4) is 0 Å². The highest BCUT2D eigenvalue weighted by molar-refractivity contribution is 5.85. The summed E-state index contributed by atoms with van der Waals surface area (Å²) in [6.45, 7) is 9.22. The van der Waals surface area contributed by atoms with Gasteiger partial charge in [-0.15, -0.1) is 24.8 Å². The molecule has 25 heavy (non-hydrogen) atoms. The smallest absolute Gasteiger partial charge is 0.224 e. The number of rotatable bonds is 6. The molecule has 0 aromatic rings. The lowest BCUT2D eigenvalue weighted by Crippen LogP contribution is -2.45. The molecule has 6 unspecified atom stereocenters. The highest BCUT2D eigenvalue weighted by atomic mass is 35.5. The van der Waals surface area contributed by atoms with Crippen molar-refractivity contribution in [1.29, 1.82) is 0 Å². The summed E-state index contributed by atoms with van der Waals surface area (Å²) in [7, 11) is 0. The van der Waals surface area contributed by atoms with E-state index >= 15 is 0 Å². The Balaban J connectivity index is 0.00000156. The van der Waals surface area contributed by atoms with Crippen LogP contribution >= 0.6 is 24.8 Å². The number of unbranched alkanes of at least 4 members (excludes halogenated alkanes) is 1. The van der Waals surface area contributed by atoms with Crippen LogP contribution in [0.15, 0.2) is 0 Å². The van der Waals surface area contributed by atoms with E-state index in [-0.39, 0.29) is 42.7 Å². The maximum absolute atomic E-state index is 12.4. The van der Waals surface area contributed by atoms with Gasteiger partial charge < -0.3 is 16.0 Å². The van der Waals surface area contributed by atoms with Crippen LogP contribution in [0.25, 0.3) is 0 Å². The lowest BCUT2D eigenvalue weighted by Gasteiger charge is -2.35. The average molecular weight is 394 g/mol. The molecular weight excluding hydrogens is 357 g/mol. The molecule has 0 aromatic heterocycles. The Morgan fingerprint density at radius 1 is 1.04 bits per heavy atom. The largest absolute Gasteiger partial charge is 0.356 e. The Morgan fingerprint density at radius 3 is 2.28 bits per heavy atom. The predicted molar refractivity (Wildman–Crippen MR) is 108 cm³/mol. The fourth-order valence-corrected chi connectivity index (χ4v) is 5.49. The van der Waals surface area contributed by atoms with Crippen molar-refractivity contribution in [1.82, 2.24) is 10.2 Å². The molecule has 3 fully saturated rings. The number of nitrogens with two attached hydrogens (primary N) is 1. The van der Waals surface area contributed by atoms with Crippen LogP contribution in [0.1, 0.15) is 52.4 Å². The van der Waals surface area contributed by atoms with Gasteiger partial charge in [-0.1, -0.05) is 13.8 Å². The van der Waals surface area contributed by atoms with Crippen molar-refractivity contribution < 1.29 is 4.79 Å². The zero-order valence-corrected chi connectivity index (χ0v) is 17.4. The van der Waals surface area contributed by atoms with Crippen molar-refractivity contribution in [2.75, 3.05) is 26.2 Å². The van der Waals surface area contributed by atoms with E-state index in [1.54, 1.807) is 0 Å². The molecule has 4 nitrogen and oxygen atoms in total. The van der Waals surface area contributed by atoms with Crippen LogP contribution < -0.4 is 11.1 Å². The Labute approximate surface area is 165 Å². The molecule has 2 bridgehead atoms. The summed E-state index contributed by atoms with van der Waals surface area (Å²) >= 11 is 0. The van der Waals surface area contributed by atoms with Gasteiger partial charge in [0.15, 0.2) is 0 Å². The van der Waals surface area contributed by atoms with E-state index in [1.807, 2.05) is 0 Å². The van der Waals surface area contributed by atoms with Crippen molar-refractivity contribution in [3.63, 3.8) is 0 Å². The molecule has 148 valence electrons. The summed E-state index contributed by atoms with van der Waals surface area (Å²) in [5.41, 5.74) is 6.25. The fraction of sp³-hybridized carbons (Fsp3) is 0.947. The number of fused-ring (bicyclic) bond motifs is 2. The van der Waals surface area contributed by atoms with Crippen LogP contribution in [0.5, 0.6) is 0 Å². The molecule has 2 saturated carbocycles. The van der Waals surface area contributed by atoms with Gasteiger partial charge in [-0.05, 0) is 68.7 Å². The number of nitrogens with one attached hydrogen (secondary N) is 1. The van der Waals surface area contributed by atoms with Gasteiger partial charge >= 0.3 is 0 Å². The molecular formula is C19H37Cl2N3O. The summed E-state index contributed by atoms with van der Waals surface area (Å²) in [5, 5.41) is 3.16. The van der Waals surface area contributed by atoms with E-state index in [2.05, 4.69) is 24.1 Å². The van der Waals surface area contributed by atoms with Gasteiger partial charge in [0.25, 0.3) is 0 Å². The maximum Gasteiger partial charge on any atom is 0.224 e. The summed E-state index contributed by atoms with van der Waals surface area (Å²) in [6, 6.07) is 0.116. The number of halogens is 2. The van der Waals surface area contributed by atoms with Crippen molar-refractivity contribution in [3.05, 3.63) is 0 Å². The molecule has 2 aliphatic carbocycles. The highest BCUT2D eigenvalue weighted by Crippen LogP contribution is 2.47. The van der Waals surface area contributed by atoms with Gasteiger partial charge in [0.05, 0.1) is 5.92 Å². The summed E-state index contributed by atoms with van der Waals surface area (Å²) < 4.78 is 0. The van der Waals surface area contributed by atoms with E-state index in [4.69, 9.17) is 5.73 Å². The second-order valence-corrected chi connectivity index (χ2v) is 8.64. The minimum absolute atomic E-state index is 0. The molecule has 1 aliphatic heterocycles.